The van der Waals surface area contributed by atoms with E-state index in [0.717, 1.165) is 0 Å². The highest BCUT2D eigenvalue weighted by Gasteiger charge is 2.37. The molecule has 1 amide bonds. The van der Waals surface area contributed by atoms with Crippen molar-refractivity contribution in [3.05, 3.63) is 78.6 Å². The zero-order valence-electron chi connectivity index (χ0n) is 16.1. The maximum atomic E-state index is 13.0. The third-order valence-corrected chi connectivity index (χ3v) is 5.06. The Labute approximate surface area is 169 Å². The quantitative estimate of drug-likeness (QED) is 0.699. The van der Waals surface area contributed by atoms with Crippen LogP contribution in [-0.4, -0.2) is 72.3 Å². The monoisotopic (exact) mass is 392 g/mol. The molecule has 1 unspecified atom stereocenters. The van der Waals surface area contributed by atoms with Gasteiger partial charge >= 0.3 is 0 Å². The highest BCUT2D eigenvalue weighted by molar-refractivity contribution is 5.94. The molecular formula is C21H24N6O2. The number of β-amino-alcohol motifs (C(OH)–C–C–N with tert-alkyl or cyclic N) is 1. The average Bonchev–Trinajstić information content (AvgIpc) is 3.18. The molecule has 0 bridgehead atoms. The Kier molecular flexibility index (Phi) is 5.64. The molecular weight excluding hydrogens is 368 g/mol. The van der Waals surface area contributed by atoms with Gasteiger partial charge in [0.25, 0.3) is 5.91 Å². The molecule has 0 aliphatic carbocycles. The van der Waals surface area contributed by atoms with Crippen LogP contribution in [0.15, 0.2) is 67.5 Å². The Morgan fingerprint density at radius 1 is 1.07 bits per heavy atom. The number of nitrogens with zero attached hydrogens (tertiary/aromatic N) is 6. The number of aliphatic hydroxyl groups is 1. The minimum Gasteiger partial charge on any atom is -0.385 e. The standard InChI is InChI=1S/C21H24N6O2/c28-20(19-7-4-8-22-11-19)26-10-9-25(12-18-5-2-1-3-6-18)13-21(29,14-26)15-27-17-23-16-24-27/h1-8,11,16-17,29H,9-10,12-15H2. The first-order valence-corrected chi connectivity index (χ1v) is 9.62. The molecule has 3 aromatic rings. The summed E-state index contributed by atoms with van der Waals surface area (Å²) in [5.41, 5.74) is 0.534. The molecule has 4 rings (SSSR count). The fourth-order valence-electron chi connectivity index (χ4n) is 3.78. The molecule has 29 heavy (non-hydrogen) atoms. The van der Waals surface area contributed by atoms with Gasteiger partial charge in [0.05, 0.1) is 18.7 Å². The summed E-state index contributed by atoms with van der Waals surface area (Å²) in [6.45, 7) is 2.80. The molecule has 1 aromatic carbocycles. The van der Waals surface area contributed by atoms with Gasteiger partial charge in [0.1, 0.15) is 18.3 Å². The highest BCUT2D eigenvalue weighted by atomic mass is 16.3. The summed E-state index contributed by atoms with van der Waals surface area (Å²) in [5.74, 6) is -0.128. The summed E-state index contributed by atoms with van der Waals surface area (Å²) >= 11 is 0. The third kappa shape index (κ3) is 4.85. The number of aromatic nitrogens is 4. The van der Waals surface area contributed by atoms with E-state index in [4.69, 9.17) is 0 Å². The highest BCUT2D eigenvalue weighted by Crippen LogP contribution is 2.20. The molecule has 2 aromatic heterocycles. The third-order valence-electron chi connectivity index (χ3n) is 5.06. The molecule has 3 heterocycles. The first-order chi connectivity index (χ1) is 14.1. The molecule has 0 spiro atoms. The topological polar surface area (TPSA) is 87.4 Å². The van der Waals surface area contributed by atoms with Gasteiger partial charge in [0.2, 0.25) is 0 Å². The van der Waals surface area contributed by atoms with Crippen LogP contribution in [0, 0.1) is 0 Å². The Morgan fingerprint density at radius 2 is 1.93 bits per heavy atom. The van der Waals surface area contributed by atoms with E-state index in [9.17, 15) is 9.90 Å². The van der Waals surface area contributed by atoms with Crippen LogP contribution in [0.5, 0.6) is 0 Å². The Bertz CT molecular complexity index is 919. The number of amides is 1. The molecule has 1 N–H and O–H groups in total. The maximum Gasteiger partial charge on any atom is 0.255 e. The van der Waals surface area contributed by atoms with E-state index in [1.54, 1.807) is 40.4 Å². The summed E-state index contributed by atoms with van der Waals surface area (Å²) in [7, 11) is 0. The van der Waals surface area contributed by atoms with E-state index < -0.39 is 5.60 Å². The molecule has 1 aliphatic rings. The lowest BCUT2D eigenvalue weighted by atomic mass is 10.0. The van der Waals surface area contributed by atoms with Crippen LogP contribution in [0.25, 0.3) is 0 Å². The van der Waals surface area contributed by atoms with Crippen LogP contribution in [-0.2, 0) is 13.1 Å². The first kappa shape index (κ1) is 19.2. The number of pyridine rings is 1. The summed E-state index contributed by atoms with van der Waals surface area (Å²) in [6.07, 6.45) is 6.23. The largest absolute Gasteiger partial charge is 0.385 e. The number of hydrogen-bond donors (Lipinski definition) is 1. The summed E-state index contributed by atoms with van der Waals surface area (Å²) in [5, 5.41) is 15.6. The Hall–Kier alpha value is -3.10. The van der Waals surface area contributed by atoms with Gasteiger partial charge in [0.15, 0.2) is 0 Å². The van der Waals surface area contributed by atoms with Gasteiger partial charge < -0.3 is 10.0 Å². The summed E-state index contributed by atoms with van der Waals surface area (Å²) in [6, 6.07) is 13.6. The van der Waals surface area contributed by atoms with E-state index in [1.807, 2.05) is 18.2 Å². The zero-order valence-corrected chi connectivity index (χ0v) is 16.1. The molecule has 0 saturated carbocycles. The van der Waals surface area contributed by atoms with Crippen molar-refractivity contribution in [3.8, 4) is 0 Å². The molecule has 1 saturated heterocycles. The minimum absolute atomic E-state index is 0.128. The van der Waals surface area contributed by atoms with Gasteiger partial charge in [-0.05, 0) is 17.7 Å². The number of hydrogen-bond acceptors (Lipinski definition) is 6. The Morgan fingerprint density at radius 3 is 2.66 bits per heavy atom. The Balaban J connectivity index is 1.57. The second-order valence-corrected chi connectivity index (χ2v) is 7.48. The molecule has 8 nitrogen and oxygen atoms in total. The van der Waals surface area contributed by atoms with Crippen LogP contribution in [0.2, 0.25) is 0 Å². The predicted octanol–water partition coefficient (Wildman–Crippen LogP) is 1.06. The summed E-state index contributed by atoms with van der Waals surface area (Å²) in [4.78, 5) is 24.9. The second kappa shape index (κ2) is 8.50. The molecule has 1 atom stereocenters. The van der Waals surface area contributed by atoms with Crippen molar-refractivity contribution in [1.29, 1.82) is 0 Å². The molecule has 8 heteroatoms. The van der Waals surface area contributed by atoms with E-state index in [-0.39, 0.29) is 19.0 Å². The molecule has 1 aliphatic heterocycles. The van der Waals surface area contributed by atoms with Crippen LogP contribution in [0.3, 0.4) is 0 Å². The van der Waals surface area contributed by atoms with Gasteiger partial charge in [-0.3, -0.25) is 14.7 Å². The smallest absolute Gasteiger partial charge is 0.255 e. The van der Waals surface area contributed by atoms with E-state index in [1.165, 1.54) is 11.9 Å². The minimum atomic E-state index is -1.16. The van der Waals surface area contributed by atoms with Crippen LogP contribution < -0.4 is 0 Å². The summed E-state index contributed by atoms with van der Waals surface area (Å²) < 4.78 is 1.61. The maximum absolute atomic E-state index is 13.0. The number of carbonyl (C=O) groups excluding carboxylic acids is 1. The van der Waals surface area contributed by atoms with E-state index >= 15 is 0 Å². The normalized spacial score (nSPS) is 20.4. The first-order valence-electron chi connectivity index (χ1n) is 9.62. The van der Waals surface area contributed by atoms with Gasteiger partial charge in [-0.25, -0.2) is 9.67 Å². The molecule has 1 fully saturated rings. The van der Waals surface area contributed by atoms with Crippen molar-refractivity contribution in [3.63, 3.8) is 0 Å². The number of benzene rings is 1. The molecule has 150 valence electrons. The van der Waals surface area contributed by atoms with Crippen molar-refractivity contribution in [1.82, 2.24) is 29.5 Å². The number of rotatable bonds is 5. The van der Waals surface area contributed by atoms with Crippen LogP contribution in [0.4, 0.5) is 0 Å². The van der Waals surface area contributed by atoms with Gasteiger partial charge in [-0.1, -0.05) is 30.3 Å². The van der Waals surface area contributed by atoms with Gasteiger partial charge in [-0.2, -0.15) is 5.10 Å². The lowest BCUT2D eigenvalue weighted by Crippen LogP contribution is -2.51. The lowest BCUT2D eigenvalue weighted by Gasteiger charge is -2.33. The lowest BCUT2D eigenvalue weighted by molar-refractivity contribution is -0.0185. The SMILES string of the molecule is O=C(c1cccnc1)N1CCN(Cc2ccccc2)CC(O)(Cn2cncn2)C1. The second-order valence-electron chi connectivity index (χ2n) is 7.48. The van der Waals surface area contributed by atoms with Crippen molar-refractivity contribution < 1.29 is 9.90 Å². The van der Waals surface area contributed by atoms with E-state index in [0.29, 0.717) is 31.7 Å². The van der Waals surface area contributed by atoms with Crippen molar-refractivity contribution in [2.75, 3.05) is 26.2 Å². The van der Waals surface area contributed by atoms with E-state index in [2.05, 4.69) is 32.1 Å². The van der Waals surface area contributed by atoms with Crippen molar-refractivity contribution in [2.45, 2.75) is 18.7 Å². The number of carbonyl (C=O) groups is 1. The van der Waals surface area contributed by atoms with Crippen LogP contribution in [0.1, 0.15) is 15.9 Å². The van der Waals surface area contributed by atoms with Crippen molar-refractivity contribution in [2.24, 2.45) is 0 Å². The predicted molar refractivity (Wildman–Crippen MR) is 107 cm³/mol. The van der Waals surface area contributed by atoms with Crippen molar-refractivity contribution >= 4 is 5.91 Å². The van der Waals surface area contributed by atoms with Crippen LogP contribution >= 0.6 is 0 Å². The molecule has 0 radical (unpaired) electrons. The average molecular weight is 392 g/mol. The van der Waals surface area contributed by atoms with Gasteiger partial charge in [0, 0.05) is 38.6 Å². The van der Waals surface area contributed by atoms with Gasteiger partial charge in [-0.15, -0.1) is 0 Å². The fourth-order valence-corrected chi connectivity index (χ4v) is 3.78. The fraction of sp³-hybridized carbons (Fsp3) is 0.333. The zero-order chi connectivity index (χ0) is 20.1.